The number of rotatable bonds is 6. The molecule has 96 valence electrons. The number of nitro benzene ring substituents is 1. The Bertz CT molecular complexity index is 468. The van der Waals surface area contributed by atoms with Crippen molar-refractivity contribution in [3.05, 3.63) is 33.9 Å². The van der Waals surface area contributed by atoms with Crippen LogP contribution in [0.2, 0.25) is 0 Å². The van der Waals surface area contributed by atoms with Crippen molar-refractivity contribution in [2.24, 2.45) is 5.73 Å². The minimum atomic E-state index is -0.497. The Labute approximate surface area is 106 Å². The molecule has 1 unspecified atom stereocenters. The zero-order chi connectivity index (χ0) is 13.5. The standard InChI is InChI=1S/C12H16N4O2/c1-2-3-10(8-14)15-11-5-4-9(7-13)6-12(11)16(17)18/h4-6,10,15H,2-3,8,14H2,1H3. The van der Waals surface area contributed by atoms with Gasteiger partial charge in [-0.3, -0.25) is 10.1 Å². The predicted molar refractivity (Wildman–Crippen MR) is 69.2 cm³/mol. The van der Waals surface area contributed by atoms with E-state index in [2.05, 4.69) is 5.32 Å². The largest absolute Gasteiger partial charge is 0.375 e. The summed E-state index contributed by atoms with van der Waals surface area (Å²) in [4.78, 5) is 10.4. The lowest BCUT2D eigenvalue weighted by molar-refractivity contribution is -0.384. The molecular formula is C12H16N4O2. The van der Waals surface area contributed by atoms with E-state index < -0.39 is 4.92 Å². The Morgan fingerprint density at radius 3 is 2.83 bits per heavy atom. The van der Waals surface area contributed by atoms with Gasteiger partial charge in [0.05, 0.1) is 16.6 Å². The summed E-state index contributed by atoms with van der Waals surface area (Å²) in [5, 5.41) is 22.7. The Morgan fingerprint density at radius 2 is 2.33 bits per heavy atom. The molecule has 1 rings (SSSR count). The number of nitro groups is 1. The normalized spacial score (nSPS) is 11.6. The topological polar surface area (TPSA) is 105 Å². The van der Waals surface area contributed by atoms with Crippen LogP contribution in [0.25, 0.3) is 0 Å². The van der Waals surface area contributed by atoms with Gasteiger partial charge in [0.2, 0.25) is 0 Å². The summed E-state index contributed by atoms with van der Waals surface area (Å²) >= 11 is 0. The lowest BCUT2D eigenvalue weighted by Gasteiger charge is -2.17. The maximum atomic E-state index is 10.9. The molecule has 0 aliphatic heterocycles. The van der Waals surface area contributed by atoms with Crippen LogP contribution in [-0.4, -0.2) is 17.5 Å². The summed E-state index contributed by atoms with van der Waals surface area (Å²) in [5.74, 6) is 0. The quantitative estimate of drug-likeness (QED) is 0.591. The van der Waals surface area contributed by atoms with Crippen LogP contribution in [0, 0.1) is 21.4 Å². The Morgan fingerprint density at radius 1 is 1.61 bits per heavy atom. The second-order valence-electron chi connectivity index (χ2n) is 3.97. The van der Waals surface area contributed by atoms with E-state index in [-0.39, 0.29) is 17.3 Å². The van der Waals surface area contributed by atoms with Crippen LogP contribution >= 0.6 is 0 Å². The third kappa shape index (κ3) is 3.43. The summed E-state index contributed by atoms with van der Waals surface area (Å²) in [5.41, 5.74) is 6.19. The van der Waals surface area contributed by atoms with Crippen LogP contribution in [0.3, 0.4) is 0 Å². The molecular weight excluding hydrogens is 232 g/mol. The molecule has 0 aliphatic carbocycles. The van der Waals surface area contributed by atoms with E-state index in [1.165, 1.54) is 6.07 Å². The van der Waals surface area contributed by atoms with Crippen LogP contribution < -0.4 is 11.1 Å². The zero-order valence-corrected chi connectivity index (χ0v) is 10.2. The molecule has 1 atom stereocenters. The number of nitriles is 1. The highest BCUT2D eigenvalue weighted by atomic mass is 16.6. The maximum absolute atomic E-state index is 10.9. The van der Waals surface area contributed by atoms with Gasteiger partial charge in [-0.15, -0.1) is 0 Å². The van der Waals surface area contributed by atoms with Crippen molar-refractivity contribution >= 4 is 11.4 Å². The van der Waals surface area contributed by atoms with Crippen molar-refractivity contribution in [1.82, 2.24) is 0 Å². The number of nitrogens with one attached hydrogen (secondary N) is 1. The molecule has 0 radical (unpaired) electrons. The number of anilines is 1. The fourth-order valence-corrected chi connectivity index (χ4v) is 1.69. The molecule has 6 nitrogen and oxygen atoms in total. The summed E-state index contributed by atoms with van der Waals surface area (Å²) < 4.78 is 0. The summed E-state index contributed by atoms with van der Waals surface area (Å²) in [7, 11) is 0. The minimum Gasteiger partial charge on any atom is -0.375 e. The summed E-state index contributed by atoms with van der Waals surface area (Å²) in [6, 6.07) is 6.25. The highest BCUT2D eigenvalue weighted by Crippen LogP contribution is 2.26. The van der Waals surface area contributed by atoms with E-state index in [9.17, 15) is 10.1 Å². The first-order chi connectivity index (χ1) is 8.62. The maximum Gasteiger partial charge on any atom is 0.293 e. The first kappa shape index (κ1) is 13.9. The second-order valence-corrected chi connectivity index (χ2v) is 3.97. The Hall–Kier alpha value is -2.13. The molecule has 3 N–H and O–H groups in total. The third-order valence-electron chi connectivity index (χ3n) is 2.60. The van der Waals surface area contributed by atoms with E-state index in [1.54, 1.807) is 12.1 Å². The minimum absolute atomic E-state index is 0.00151. The van der Waals surface area contributed by atoms with E-state index in [0.29, 0.717) is 12.2 Å². The van der Waals surface area contributed by atoms with Crippen LogP contribution in [0.1, 0.15) is 25.3 Å². The molecule has 0 bridgehead atoms. The summed E-state index contributed by atoms with van der Waals surface area (Å²) in [6.07, 6.45) is 1.78. The highest BCUT2D eigenvalue weighted by molar-refractivity contribution is 5.64. The van der Waals surface area contributed by atoms with Gasteiger partial charge in [0.15, 0.2) is 0 Å². The van der Waals surface area contributed by atoms with Crippen molar-refractivity contribution in [2.45, 2.75) is 25.8 Å². The van der Waals surface area contributed by atoms with Crippen molar-refractivity contribution in [2.75, 3.05) is 11.9 Å². The number of benzene rings is 1. The van der Waals surface area contributed by atoms with Gasteiger partial charge in [-0.2, -0.15) is 5.26 Å². The zero-order valence-electron chi connectivity index (χ0n) is 10.2. The van der Waals surface area contributed by atoms with Crippen molar-refractivity contribution in [3.63, 3.8) is 0 Å². The number of hydrogen-bond donors (Lipinski definition) is 2. The van der Waals surface area contributed by atoms with Gasteiger partial charge in [-0.05, 0) is 18.6 Å². The van der Waals surface area contributed by atoms with Crippen molar-refractivity contribution in [1.29, 1.82) is 5.26 Å². The fraction of sp³-hybridized carbons (Fsp3) is 0.417. The fourth-order valence-electron chi connectivity index (χ4n) is 1.69. The second kappa shape index (κ2) is 6.57. The number of nitrogens with zero attached hydrogens (tertiary/aromatic N) is 2. The highest BCUT2D eigenvalue weighted by Gasteiger charge is 2.17. The van der Waals surface area contributed by atoms with Gasteiger partial charge < -0.3 is 11.1 Å². The van der Waals surface area contributed by atoms with Crippen LogP contribution in [-0.2, 0) is 0 Å². The lowest BCUT2D eigenvalue weighted by Crippen LogP contribution is -2.28. The SMILES string of the molecule is CCCC(CN)Nc1ccc(C#N)cc1[N+](=O)[O-]. The molecule has 0 aliphatic rings. The molecule has 0 fully saturated rings. The molecule has 0 amide bonds. The van der Waals surface area contributed by atoms with Crippen LogP contribution in [0.5, 0.6) is 0 Å². The molecule has 0 aromatic heterocycles. The van der Waals surface area contributed by atoms with E-state index >= 15 is 0 Å². The lowest BCUT2D eigenvalue weighted by atomic mass is 10.1. The predicted octanol–water partition coefficient (Wildman–Crippen LogP) is 2.01. The molecule has 0 saturated heterocycles. The summed E-state index contributed by atoms with van der Waals surface area (Å²) in [6.45, 7) is 2.43. The molecule has 1 aromatic carbocycles. The Kier molecular flexibility index (Phi) is 5.08. The van der Waals surface area contributed by atoms with Gasteiger partial charge >= 0.3 is 0 Å². The van der Waals surface area contributed by atoms with Gasteiger partial charge in [-0.1, -0.05) is 13.3 Å². The smallest absolute Gasteiger partial charge is 0.293 e. The van der Waals surface area contributed by atoms with Gasteiger partial charge in [0.25, 0.3) is 5.69 Å². The average molecular weight is 248 g/mol. The van der Waals surface area contributed by atoms with Gasteiger partial charge in [0, 0.05) is 18.7 Å². The Balaban J connectivity index is 3.01. The molecule has 1 aromatic rings. The monoisotopic (exact) mass is 248 g/mol. The van der Waals surface area contributed by atoms with Crippen LogP contribution in [0.4, 0.5) is 11.4 Å². The van der Waals surface area contributed by atoms with E-state index in [1.807, 2.05) is 13.0 Å². The number of hydrogen-bond acceptors (Lipinski definition) is 5. The average Bonchev–Trinajstić information content (AvgIpc) is 2.38. The molecule has 0 saturated carbocycles. The molecule has 6 heteroatoms. The van der Waals surface area contributed by atoms with Crippen LogP contribution in [0.15, 0.2) is 18.2 Å². The molecule has 0 spiro atoms. The number of nitrogens with two attached hydrogens (primary N) is 1. The van der Waals surface area contributed by atoms with Crippen molar-refractivity contribution in [3.8, 4) is 6.07 Å². The first-order valence-corrected chi connectivity index (χ1v) is 5.77. The first-order valence-electron chi connectivity index (χ1n) is 5.77. The molecule has 18 heavy (non-hydrogen) atoms. The van der Waals surface area contributed by atoms with E-state index in [4.69, 9.17) is 11.0 Å². The van der Waals surface area contributed by atoms with Crippen molar-refractivity contribution < 1.29 is 4.92 Å². The van der Waals surface area contributed by atoms with Gasteiger partial charge in [-0.25, -0.2) is 0 Å². The third-order valence-corrected chi connectivity index (χ3v) is 2.60. The molecule has 0 heterocycles. The van der Waals surface area contributed by atoms with E-state index in [0.717, 1.165) is 12.8 Å². The van der Waals surface area contributed by atoms with Gasteiger partial charge in [0.1, 0.15) is 5.69 Å².